The maximum absolute atomic E-state index is 12.5. The molecule has 2 N–H and O–H groups in total. The fraction of sp³-hybridized carbons (Fsp3) is 0.150. The zero-order chi connectivity index (χ0) is 21.2. The highest BCUT2D eigenvalue weighted by atomic mass is 35.5. The molecule has 1 aromatic heterocycles. The molecule has 0 aliphatic carbocycles. The molecule has 0 aliphatic rings. The molecule has 2 aromatic carbocycles. The first-order chi connectivity index (χ1) is 13.7. The highest BCUT2D eigenvalue weighted by Crippen LogP contribution is 2.29. The van der Waals surface area contributed by atoms with Crippen molar-refractivity contribution >= 4 is 11.6 Å². The molecule has 3 aromatic rings. The van der Waals surface area contributed by atoms with E-state index in [9.17, 15) is 23.1 Å². The van der Waals surface area contributed by atoms with Gasteiger partial charge in [0.15, 0.2) is 0 Å². The number of ether oxygens (including phenoxy) is 2. The summed E-state index contributed by atoms with van der Waals surface area (Å²) in [5.74, 6) is 0.352. The summed E-state index contributed by atoms with van der Waals surface area (Å²) in [7, 11) is 0. The molecule has 0 amide bonds. The molecule has 9 heteroatoms. The second-order valence-electron chi connectivity index (χ2n) is 6.05. The Morgan fingerprint density at radius 2 is 1.52 bits per heavy atom. The number of aryl methyl sites for hydroxylation is 1. The van der Waals surface area contributed by atoms with Crippen LogP contribution in [0.1, 0.15) is 11.4 Å². The third-order valence-corrected chi connectivity index (χ3v) is 4.45. The van der Waals surface area contributed by atoms with Crippen LogP contribution in [0, 0.1) is 6.92 Å². The first-order valence-electron chi connectivity index (χ1n) is 8.34. The number of pyridine rings is 1. The zero-order valence-corrected chi connectivity index (χ0v) is 15.8. The minimum absolute atomic E-state index is 0.0405. The van der Waals surface area contributed by atoms with Gasteiger partial charge in [0, 0.05) is 5.69 Å². The number of aromatic nitrogens is 1. The van der Waals surface area contributed by atoms with E-state index in [2.05, 4.69) is 9.72 Å². The third-order valence-electron chi connectivity index (χ3n) is 3.99. The lowest BCUT2D eigenvalue weighted by Gasteiger charge is -2.12. The molecule has 152 valence electrons. The van der Waals surface area contributed by atoms with E-state index in [0.29, 0.717) is 28.5 Å². The monoisotopic (exact) mass is 425 g/mol. The largest absolute Gasteiger partial charge is 0.573 e. The van der Waals surface area contributed by atoms with E-state index in [1.807, 2.05) is 0 Å². The smallest absolute Gasteiger partial charge is 0.457 e. The van der Waals surface area contributed by atoms with Crippen LogP contribution in [0.15, 0.2) is 53.3 Å². The van der Waals surface area contributed by atoms with Gasteiger partial charge in [-0.3, -0.25) is 4.79 Å². The van der Waals surface area contributed by atoms with Crippen molar-refractivity contribution < 1.29 is 27.8 Å². The van der Waals surface area contributed by atoms with Crippen molar-refractivity contribution in [1.82, 2.24) is 4.98 Å². The van der Waals surface area contributed by atoms with Gasteiger partial charge in [0.25, 0.3) is 0 Å². The Bertz CT molecular complexity index is 1060. The predicted molar refractivity (Wildman–Crippen MR) is 101 cm³/mol. The van der Waals surface area contributed by atoms with Crippen LogP contribution in [0.5, 0.6) is 17.2 Å². The van der Waals surface area contributed by atoms with Gasteiger partial charge in [-0.15, -0.1) is 13.2 Å². The SMILES string of the molecule is Cc1[nH]c(CO)c(-c2ccc(Oc3ccc(OC(F)(F)F)cc3)cc2)c(=O)c1Cl. The summed E-state index contributed by atoms with van der Waals surface area (Å²) < 4.78 is 46.0. The van der Waals surface area contributed by atoms with E-state index in [-0.39, 0.29) is 22.9 Å². The summed E-state index contributed by atoms with van der Waals surface area (Å²) in [4.78, 5) is 15.4. The van der Waals surface area contributed by atoms with Gasteiger partial charge in [-0.25, -0.2) is 0 Å². The van der Waals surface area contributed by atoms with E-state index in [1.165, 1.54) is 12.1 Å². The van der Waals surface area contributed by atoms with Crippen molar-refractivity contribution in [2.24, 2.45) is 0 Å². The molecule has 0 unspecified atom stereocenters. The Balaban J connectivity index is 1.81. The zero-order valence-electron chi connectivity index (χ0n) is 15.0. The molecule has 0 bridgehead atoms. The van der Waals surface area contributed by atoms with Crippen LogP contribution in [0.3, 0.4) is 0 Å². The summed E-state index contributed by atoms with van der Waals surface area (Å²) in [5, 5.41) is 9.58. The number of aliphatic hydroxyl groups is 1. The summed E-state index contributed by atoms with van der Waals surface area (Å²) in [6.45, 7) is 1.27. The Hall–Kier alpha value is -2.97. The van der Waals surface area contributed by atoms with Gasteiger partial charge < -0.3 is 19.6 Å². The molecule has 0 saturated carbocycles. The minimum Gasteiger partial charge on any atom is -0.457 e. The van der Waals surface area contributed by atoms with E-state index >= 15 is 0 Å². The highest BCUT2D eigenvalue weighted by Gasteiger charge is 2.31. The first kappa shape index (κ1) is 20.8. The third kappa shape index (κ3) is 4.90. The summed E-state index contributed by atoms with van der Waals surface area (Å²) in [6.07, 6.45) is -4.76. The summed E-state index contributed by atoms with van der Waals surface area (Å²) in [6, 6.07) is 11.4. The number of hydrogen-bond donors (Lipinski definition) is 2. The van der Waals surface area contributed by atoms with Crippen molar-refractivity contribution in [2.75, 3.05) is 0 Å². The molecule has 0 atom stereocenters. The fourth-order valence-electron chi connectivity index (χ4n) is 2.72. The van der Waals surface area contributed by atoms with E-state index in [1.54, 1.807) is 31.2 Å². The van der Waals surface area contributed by atoms with Gasteiger partial charge in [0.05, 0.1) is 17.9 Å². The van der Waals surface area contributed by atoms with Crippen LogP contribution >= 0.6 is 11.6 Å². The lowest BCUT2D eigenvalue weighted by molar-refractivity contribution is -0.274. The van der Waals surface area contributed by atoms with Crippen molar-refractivity contribution in [3.63, 3.8) is 0 Å². The summed E-state index contributed by atoms with van der Waals surface area (Å²) in [5.41, 5.74) is 1.18. The fourth-order valence-corrected chi connectivity index (χ4v) is 2.86. The number of benzene rings is 2. The highest BCUT2D eigenvalue weighted by molar-refractivity contribution is 6.31. The first-order valence-corrected chi connectivity index (χ1v) is 8.72. The lowest BCUT2D eigenvalue weighted by Crippen LogP contribution is -2.16. The number of hydrogen-bond acceptors (Lipinski definition) is 4. The Labute approximate surface area is 168 Å². The Morgan fingerprint density at radius 1 is 1.00 bits per heavy atom. The standard InChI is InChI=1S/C20H15ClF3NO4/c1-11-18(21)19(27)17(16(10-26)25-11)12-2-4-13(5-3-12)28-14-6-8-15(9-7-14)29-20(22,23)24/h2-9,26H,10H2,1H3,(H,25,27). The average Bonchev–Trinajstić information content (AvgIpc) is 2.67. The van der Waals surface area contributed by atoms with E-state index in [0.717, 1.165) is 12.1 Å². The molecule has 0 spiro atoms. The molecule has 0 fully saturated rings. The molecule has 0 aliphatic heterocycles. The number of aromatic amines is 1. The van der Waals surface area contributed by atoms with Gasteiger partial charge >= 0.3 is 6.36 Å². The Morgan fingerprint density at radius 3 is 2.03 bits per heavy atom. The molecule has 0 saturated heterocycles. The van der Waals surface area contributed by atoms with Crippen LogP contribution in [-0.2, 0) is 6.61 Å². The summed E-state index contributed by atoms with van der Waals surface area (Å²) >= 11 is 6.02. The molecule has 3 rings (SSSR count). The number of halogens is 4. The molecule has 0 radical (unpaired) electrons. The van der Waals surface area contributed by atoms with E-state index < -0.39 is 11.8 Å². The minimum atomic E-state index is -4.76. The van der Waals surface area contributed by atoms with Crippen molar-refractivity contribution in [1.29, 1.82) is 0 Å². The van der Waals surface area contributed by atoms with Crippen LogP contribution in [0.4, 0.5) is 13.2 Å². The second-order valence-corrected chi connectivity index (χ2v) is 6.43. The predicted octanol–water partition coefficient (Wildman–Crippen LogP) is 5.19. The molecule has 5 nitrogen and oxygen atoms in total. The van der Waals surface area contributed by atoms with Crippen LogP contribution in [0.2, 0.25) is 5.02 Å². The van der Waals surface area contributed by atoms with Crippen LogP contribution in [0.25, 0.3) is 11.1 Å². The quantitative estimate of drug-likeness (QED) is 0.590. The lowest BCUT2D eigenvalue weighted by atomic mass is 10.0. The Kier molecular flexibility index (Phi) is 5.86. The molecule has 1 heterocycles. The van der Waals surface area contributed by atoms with Crippen molar-refractivity contribution in [3.05, 3.63) is 75.2 Å². The topological polar surface area (TPSA) is 71.6 Å². The van der Waals surface area contributed by atoms with Crippen LogP contribution < -0.4 is 14.9 Å². The normalized spacial score (nSPS) is 11.4. The van der Waals surface area contributed by atoms with Crippen molar-refractivity contribution in [2.45, 2.75) is 19.9 Å². The number of alkyl halides is 3. The number of nitrogens with one attached hydrogen (secondary N) is 1. The maximum Gasteiger partial charge on any atom is 0.573 e. The van der Waals surface area contributed by atoms with Gasteiger partial charge in [0.1, 0.15) is 22.3 Å². The van der Waals surface area contributed by atoms with Crippen molar-refractivity contribution in [3.8, 4) is 28.4 Å². The van der Waals surface area contributed by atoms with Gasteiger partial charge in [-0.2, -0.15) is 0 Å². The van der Waals surface area contributed by atoms with Crippen LogP contribution in [-0.4, -0.2) is 16.5 Å². The molecular formula is C20H15ClF3NO4. The second kappa shape index (κ2) is 8.18. The molecular weight excluding hydrogens is 411 g/mol. The average molecular weight is 426 g/mol. The number of rotatable bonds is 5. The van der Waals surface area contributed by atoms with Gasteiger partial charge in [-0.1, -0.05) is 23.7 Å². The maximum atomic E-state index is 12.5. The van der Waals surface area contributed by atoms with E-state index in [4.69, 9.17) is 16.3 Å². The van der Waals surface area contributed by atoms with Gasteiger partial charge in [-0.05, 0) is 48.9 Å². The molecule has 29 heavy (non-hydrogen) atoms. The van der Waals surface area contributed by atoms with Gasteiger partial charge in [0.2, 0.25) is 5.43 Å². The number of H-pyrrole nitrogens is 1. The number of aliphatic hydroxyl groups excluding tert-OH is 1.